The first-order chi connectivity index (χ1) is 15.7. The van der Waals surface area contributed by atoms with E-state index in [9.17, 15) is 13.2 Å². The van der Waals surface area contributed by atoms with Gasteiger partial charge in [0.15, 0.2) is 15.0 Å². The van der Waals surface area contributed by atoms with Crippen LogP contribution in [0.2, 0.25) is 0 Å². The van der Waals surface area contributed by atoms with Crippen molar-refractivity contribution in [2.24, 2.45) is 0 Å². The Morgan fingerprint density at radius 3 is 2.85 bits per heavy atom. The van der Waals surface area contributed by atoms with Gasteiger partial charge in [-0.2, -0.15) is 0 Å². The van der Waals surface area contributed by atoms with Crippen LogP contribution in [-0.2, 0) is 26.9 Å². The molecule has 0 spiro atoms. The van der Waals surface area contributed by atoms with Gasteiger partial charge >= 0.3 is 5.97 Å². The fourth-order valence-electron chi connectivity index (χ4n) is 3.81. The van der Waals surface area contributed by atoms with Crippen molar-refractivity contribution in [3.05, 3.63) is 34.7 Å². The molecule has 0 radical (unpaired) electrons. The topological polar surface area (TPSA) is 143 Å². The van der Waals surface area contributed by atoms with Crippen molar-refractivity contribution in [3.63, 3.8) is 0 Å². The summed E-state index contributed by atoms with van der Waals surface area (Å²) in [6.07, 6.45) is 2.27. The molecule has 176 valence electrons. The number of nitrogen functional groups attached to an aromatic ring is 1. The van der Waals surface area contributed by atoms with Crippen molar-refractivity contribution in [1.29, 1.82) is 0 Å². The summed E-state index contributed by atoms with van der Waals surface area (Å²) in [5, 5.41) is 9.85. The van der Waals surface area contributed by atoms with E-state index in [1.807, 2.05) is 11.5 Å². The highest BCUT2D eigenvalue weighted by Crippen LogP contribution is 2.35. The van der Waals surface area contributed by atoms with Crippen LogP contribution >= 0.6 is 23.1 Å². The number of ether oxygens (including phenoxy) is 1. The highest BCUT2D eigenvalue weighted by atomic mass is 32.2. The Morgan fingerprint density at radius 1 is 1.39 bits per heavy atom. The number of aryl methyl sites for hydroxylation is 1. The molecule has 1 aliphatic heterocycles. The van der Waals surface area contributed by atoms with E-state index in [0.29, 0.717) is 62.0 Å². The fraction of sp³-hybridized carbons (Fsp3) is 0.450. The van der Waals surface area contributed by atoms with Gasteiger partial charge in [-0.05, 0) is 25.8 Å². The SMILES string of the molecule is C=CCn1c(SCc2nc(N)c3c(C)c(C(=O)OCC)sc3n2)nnc1C1CCS(=O)(=O)C1. The minimum Gasteiger partial charge on any atom is -0.462 e. The Labute approximate surface area is 199 Å². The van der Waals surface area contributed by atoms with Crippen LogP contribution in [0.3, 0.4) is 0 Å². The molecule has 4 heterocycles. The summed E-state index contributed by atoms with van der Waals surface area (Å²) in [6, 6.07) is 0. The molecule has 10 nitrogen and oxygen atoms in total. The molecule has 0 saturated carbocycles. The number of anilines is 1. The predicted molar refractivity (Wildman–Crippen MR) is 128 cm³/mol. The van der Waals surface area contributed by atoms with E-state index in [2.05, 4.69) is 26.7 Å². The smallest absolute Gasteiger partial charge is 0.348 e. The number of nitrogens with two attached hydrogens (primary N) is 1. The van der Waals surface area contributed by atoms with Crippen molar-refractivity contribution in [1.82, 2.24) is 24.7 Å². The Balaban J connectivity index is 1.58. The standard InChI is InChI=1S/C20H24N6O4S3/c1-4-7-26-17(12-6-8-33(28,29)10-12)24-25-20(26)31-9-13-22-16(21)14-11(3)15(19(27)30-5-2)32-18(14)23-13/h4,12H,1,5-10H2,2-3H3,(H2,21,22,23). The second-order valence-corrected chi connectivity index (χ2v) is 11.8. The number of allylic oxidation sites excluding steroid dienone is 1. The zero-order valence-electron chi connectivity index (χ0n) is 18.3. The molecule has 1 unspecified atom stereocenters. The highest BCUT2D eigenvalue weighted by Gasteiger charge is 2.33. The lowest BCUT2D eigenvalue weighted by Crippen LogP contribution is -2.11. The molecule has 13 heteroatoms. The van der Waals surface area contributed by atoms with E-state index < -0.39 is 15.8 Å². The van der Waals surface area contributed by atoms with Gasteiger partial charge in [-0.3, -0.25) is 0 Å². The number of carbonyl (C=O) groups is 1. The van der Waals surface area contributed by atoms with Gasteiger partial charge in [0.1, 0.15) is 27.2 Å². The summed E-state index contributed by atoms with van der Waals surface area (Å²) >= 11 is 2.62. The maximum Gasteiger partial charge on any atom is 0.348 e. The molecule has 3 aromatic heterocycles. The zero-order chi connectivity index (χ0) is 23.8. The lowest BCUT2D eigenvalue weighted by molar-refractivity contribution is 0.0531. The van der Waals surface area contributed by atoms with Gasteiger partial charge in [0.05, 0.1) is 29.3 Å². The van der Waals surface area contributed by atoms with E-state index in [1.54, 1.807) is 13.0 Å². The first-order valence-corrected chi connectivity index (χ1v) is 14.0. The molecule has 1 atom stereocenters. The van der Waals surface area contributed by atoms with Crippen LogP contribution in [0.15, 0.2) is 17.8 Å². The Morgan fingerprint density at radius 2 is 2.18 bits per heavy atom. The van der Waals surface area contributed by atoms with Crippen molar-refractivity contribution >= 4 is 54.9 Å². The summed E-state index contributed by atoms with van der Waals surface area (Å²) in [6.45, 7) is 8.11. The van der Waals surface area contributed by atoms with Crippen molar-refractivity contribution < 1.29 is 17.9 Å². The van der Waals surface area contributed by atoms with Crippen LogP contribution in [0.25, 0.3) is 10.2 Å². The molecular formula is C20H24N6O4S3. The van der Waals surface area contributed by atoms with Gasteiger partial charge in [0.2, 0.25) is 0 Å². The Bertz CT molecular complexity index is 1330. The average Bonchev–Trinajstić information content (AvgIpc) is 3.42. The van der Waals surface area contributed by atoms with Crippen molar-refractivity contribution in [2.45, 2.75) is 43.6 Å². The largest absolute Gasteiger partial charge is 0.462 e. The minimum atomic E-state index is -3.04. The van der Waals surface area contributed by atoms with Gasteiger partial charge in [-0.1, -0.05) is 17.8 Å². The third-order valence-corrected chi connectivity index (χ3v) is 9.21. The molecule has 0 aromatic carbocycles. The van der Waals surface area contributed by atoms with Crippen LogP contribution in [0, 0.1) is 6.92 Å². The molecule has 0 aliphatic carbocycles. The third-order valence-electron chi connectivity index (χ3n) is 5.31. The number of fused-ring (bicyclic) bond motifs is 1. The minimum absolute atomic E-state index is 0.0871. The van der Waals surface area contributed by atoms with Crippen LogP contribution in [0.1, 0.15) is 46.1 Å². The molecule has 33 heavy (non-hydrogen) atoms. The van der Waals surface area contributed by atoms with Crippen molar-refractivity contribution in [2.75, 3.05) is 23.8 Å². The van der Waals surface area contributed by atoms with Crippen molar-refractivity contribution in [3.8, 4) is 0 Å². The molecule has 1 fully saturated rings. The zero-order valence-corrected chi connectivity index (χ0v) is 20.7. The van der Waals surface area contributed by atoms with Crippen LogP contribution < -0.4 is 5.73 Å². The summed E-state index contributed by atoms with van der Waals surface area (Å²) in [4.78, 5) is 22.3. The number of sulfone groups is 1. The average molecular weight is 509 g/mol. The van der Waals surface area contributed by atoms with Gasteiger partial charge in [0, 0.05) is 12.5 Å². The van der Waals surface area contributed by atoms with E-state index >= 15 is 0 Å². The first kappa shape index (κ1) is 23.6. The van der Waals surface area contributed by atoms with E-state index in [0.717, 1.165) is 0 Å². The number of thiophene rings is 1. The lowest BCUT2D eigenvalue weighted by atomic mass is 10.1. The van der Waals surface area contributed by atoms with Crippen LogP contribution in [-0.4, -0.2) is 57.2 Å². The second kappa shape index (κ2) is 9.39. The normalized spacial score (nSPS) is 17.5. The lowest BCUT2D eigenvalue weighted by Gasteiger charge is -2.11. The summed E-state index contributed by atoms with van der Waals surface area (Å²) in [5.41, 5.74) is 6.91. The number of nitrogens with zero attached hydrogens (tertiary/aromatic N) is 5. The first-order valence-electron chi connectivity index (χ1n) is 10.3. The summed E-state index contributed by atoms with van der Waals surface area (Å²) < 4.78 is 30.8. The summed E-state index contributed by atoms with van der Waals surface area (Å²) in [5.74, 6) is 1.53. The Hall–Kier alpha value is -2.51. The van der Waals surface area contributed by atoms with E-state index in [-0.39, 0.29) is 24.0 Å². The monoisotopic (exact) mass is 508 g/mol. The number of hydrogen-bond acceptors (Lipinski definition) is 11. The molecule has 3 aromatic rings. The molecular weight excluding hydrogens is 484 g/mol. The Kier molecular flexibility index (Phi) is 6.73. The van der Waals surface area contributed by atoms with Gasteiger partial charge in [-0.15, -0.1) is 28.1 Å². The van der Waals surface area contributed by atoms with Gasteiger partial charge < -0.3 is 15.0 Å². The third kappa shape index (κ3) is 4.75. The molecule has 0 bridgehead atoms. The second-order valence-electron chi connectivity index (χ2n) is 7.61. The quantitative estimate of drug-likeness (QED) is 0.274. The van der Waals surface area contributed by atoms with Gasteiger partial charge in [-0.25, -0.2) is 23.2 Å². The number of aromatic nitrogens is 5. The van der Waals surface area contributed by atoms with Gasteiger partial charge in [0.25, 0.3) is 0 Å². The molecule has 4 rings (SSSR count). The molecule has 1 saturated heterocycles. The predicted octanol–water partition coefficient (Wildman–Crippen LogP) is 2.73. The number of carbonyl (C=O) groups excluding carboxylic acids is 1. The fourth-order valence-corrected chi connectivity index (χ4v) is 7.46. The maximum absolute atomic E-state index is 12.2. The number of thioether (sulfide) groups is 1. The number of esters is 1. The molecule has 0 amide bonds. The number of hydrogen-bond donors (Lipinski definition) is 1. The van der Waals surface area contributed by atoms with Crippen LogP contribution in [0.5, 0.6) is 0 Å². The van der Waals surface area contributed by atoms with E-state index in [1.165, 1.54) is 23.1 Å². The molecule has 2 N–H and O–H groups in total. The number of rotatable bonds is 8. The highest BCUT2D eigenvalue weighted by molar-refractivity contribution is 7.98. The van der Waals surface area contributed by atoms with Crippen LogP contribution in [0.4, 0.5) is 5.82 Å². The summed E-state index contributed by atoms with van der Waals surface area (Å²) in [7, 11) is -3.04. The maximum atomic E-state index is 12.2. The van der Waals surface area contributed by atoms with E-state index in [4.69, 9.17) is 10.5 Å². The molecule has 1 aliphatic rings.